The molecule has 2 heteroatoms. The van der Waals surface area contributed by atoms with Crippen LogP contribution in [0.25, 0.3) is 105 Å². The minimum Gasteiger partial charge on any atom is -0.310 e. The molecule has 75 heavy (non-hydrogen) atoms. The quantitative estimate of drug-likeness (QED) is 0.140. The molecule has 0 saturated heterocycles. The Morgan fingerprint density at radius 1 is 0.293 bits per heavy atom. The van der Waals surface area contributed by atoms with E-state index in [1.54, 1.807) is 0 Å². The first-order valence-electron chi connectivity index (χ1n) is 26.1. The zero-order valence-corrected chi connectivity index (χ0v) is 42.0. The van der Waals surface area contributed by atoms with Gasteiger partial charge in [0.2, 0.25) is 0 Å². The average molecular weight is 957 g/mol. The molecule has 0 atom stereocenters. The number of anilines is 3. The van der Waals surface area contributed by atoms with E-state index in [2.05, 4.69) is 302 Å². The molecule has 1 heterocycles. The summed E-state index contributed by atoms with van der Waals surface area (Å²) in [6.07, 6.45) is 0. The van der Waals surface area contributed by atoms with Crippen molar-refractivity contribution in [2.24, 2.45) is 0 Å². The van der Waals surface area contributed by atoms with Gasteiger partial charge in [-0.25, -0.2) is 0 Å². The number of para-hydroxylation sites is 1. The largest absolute Gasteiger partial charge is 0.310 e. The highest BCUT2D eigenvalue weighted by Crippen LogP contribution is 2.51. The van der Waals surface area contributed by atoms with E-state index in [0.717, 1.165) is 28.3 Å². The molecule has 1 aliphatic rings. The van der Waals surface area contributed by atoms with Gasteiger partial charge in [0.25, 0.3) is 0 Å². The van der Waals surface area contributed by atoms with Crippen LogP contribution < -0.4 is 4.90 Å². The van der Waals surface area contributed by atoms with Crippen molar-refractivity contribution in [3.05, 3.63) is 290 Å². The van der Waals surface area contributed by atoms with Gasteiger partial charge in [-0.15, -0.1) is 0 Å². The van der Waals surface area contributed by atoms with Crippen LogP contribution in [0, 0.1) is 0 Å². The molecule has 1 aromatic heterocycles. The number of hydrogen-bond acceptors (Lipinski definition) is 1. The molecule has 0 saturated carbocycles. The molecule has 12 aromatic carbocycles. The lowest BCUT2D eigenvalue weighted by molar-refractivity contribution is 0.660. The van der Waals surface area contributed by atoms with E-state index in [-0.39, 0.29) is 5.41 Å². The molecule has 354 valence electrons. The van der Waals surface area contributed by atoms with Gasteiger partial charge in [-0.1, -0.05) is 238 Å². The zero-order valence-electron chi connectivity index (χ0n) is 42.0. The second-order valence-corrected chi connectivity index (χ2v) is 20.4. The Balaban J connectivity index is 0.848. The van der Waals surface area contributed by atoms with E-state index in [1.165, 1.54) is 105 Å². The summed E-state index contributed by atoms with van der Waals surface area (Å²) in [6, 6.07) is 103. The van der Waals surface area contributed by atoms with Gasteiger partial charge in [-0.2, -0.15) is 0 Å². The smallest absolute Gasteiger partial charge is 0.0547 e. The number of hydrogen-bond donors (Lipinski definition) is 0. The van der Waals surface area contributed by atoms with E-state index >= 15 is 0 Å². The molecule has 14 rings (SSSR count). The fraction of sp³-hybridized carbons (Fsp3) is 0.0411. The average Bonchev–Trinajstić information content (AvgIpc) is 3.97. The van der Waals surface area contributed by atoms with Gasteiger partial charge in [-0.05, 0) is 138 Å². The van der Waals surface area contributed by atoms with E-state index in [4.69, 9.17) is 0 Å². The Morgan fingerprint density at radius 3 is 1.43 bits per heavy atom. The van der Waals surface area contributed by atoms with E-state index in [1.807, 2.05) is 0 Å². The summed E-state index contributed by atoms with van der Waals surface area (Å²) in [6.45, 7) is 4.71. The Bertz CT molecular complexity index is 4270. The molecule has 0 unspecified atom stereocenters. The van der Waals surface area contributed by atoms with Gasteiger partial charge in [-0.3, -0.25) is 0 Å². The van der Waals surface area contributed by atoms with Crippen molar-refractivity contribution in [2.75, 3.05) is 4.90 Å². The second kappa shape index (κ2) is 17.9. The highest BCUT2D eigenvalue weighted by Gasteiger charge is 2.36. The molecule has 1 aliphatic carbocycles. The third-order valence-corrected chi connectivity index (χ3v) is 15.8. The van der Waals surface area contributed by atoms with Crippen molar-refractivity contribution >= 4 is 49.6 Å². The Hall–Kier alpha value is -9.50. The van der Waals surface area contributed by atoms with Crippen LogP contribution in [0.3, 0.4) is 0 Å². The van der Waals surface area contributed by atoms with Crippen molar-refractivity contribution in [3.63, 3.8) is 0 Å². The molecule has 0 radical (unpaired) electrons. The predicted molar refractivity (Wildman–Crippen MR) is 318 cm³/mol. The monoisotopic (exact) mass is 956 g/mol. The van der Waals surface area contributed by atoms with Crippen molar-refractivity contribution in [2.45, 2.75) is 19.3 Å². The van der Waals surface area contributed by atoms with Crippen LogP contribution in [0.2, 0.25) is 0 Å². The van der Waals surface area contributed by atoms with Gasteiger partial charge in [0.15, 0.2) is 0 Å². The highest BCUT2D eigenvalue weighted by atomic mass is 15.1. The second-order valence-electron chi connectivity index (χ2n) is 20.4. The first-order valence-corrected chi connectivity index (χ1v) is 26.1. The van der Waals surface area contributed by atoms with Gasteiger partial charge >= 0.3 is 0 Å². The molecule has 0 spiro atoms. The topological polar surface area (TPSA) is 8.17 Å². The zero-order chi connectivity index (χ0) is 50.0. The molecule has 0 N–H and O–H groups in total. The van der Waals surface area contributed by atoms with Crippen molar-refractivity contribution < 1.29 is 0 Å². The maximum absolute atomic E-state index is 2.50. The minimum absolute atomic E-state index is 0.113. The number of aromatic nitrogens is 1. The third-order valence-electron chi connectivity index (χ3n) is 15.8. The molecule has 13 aromatic rings. The lowest BCUT2D eigenvalue weighted by Crippen LogP contribution is -2.16. The first-order chi connectivity index (χ1) is 37.0. The van der Waals surface area contributed by atoms with Gasteiger partial charge in [0.05, 0.1) is 16.7 Å². The standard InChI is InChI=1S/C73H52N2/c1-73(2)66-30-13-11-26-63(66)64-47-46-58(48-67(64)73)74(56-42-38-51(39-43-56)49-18-5-3-6-19-49)57-44-40-52(41-45-57)50-34-36-55(37-35-50)60-25-12-14-31-68(60)75-69-32-16-27-61(54-20-7-4-8-21-54)71(69)72-65(29-17-33-70(72)75)62-28-15-23-53-22-9-10-24-59(53)62/h3-48H,1-2H3. The normalized spacial score (nSPS) is 12.5. The maximum Gasteiger partial charge on any atom is 0.0547 e. The SMILES string of the molecule is CC1(C)c2ccccc2-c2ccc(N(c3ccc(-c4ccccc4)cc3)c3ccc(-c4ccc(-c5ccccc5-n5c6cccc(-c7ccccc7)c6c6c(-c7cccc8ccccc78)cccc65)cc4)cc3)cc21. The molecule has 0 amide bonds. The molecule has 2 nitrogen and oxygen atoms in total. The fourth-order valence-corrected chi connectivity index (χ4v) is 12.2. The lowest BCUT2D eigenvalue weighted by atomic mass is 9.82. The van der Waals surface area contributed by atoms with Crippen molar-refractivity contribution in [3.8, 4) is 72.4 Å². The Kier molecular flexibility index (Phi) is 10.6. The van der Waals surface area contributed by atoms with Crippen LogP contribution in [-0.2, 0) is 5.41 Å². The molecule has 0 fully saturated rings. The number of rotatable bonds is 9. The molecule has 0 aliphatic heterocycles. The summed E-state index contributed by atoms with van der Waals surface area (Å²) in [5, 5.41) is 5.00. The summed E-state index contributed by atoms with van der Waals surface area (Å²) >= 11 is 0. The Labute approximate surface area is 438 Å². The first kappa shape index (κ1) is 44.2. The summed E-state index contributed by atoms with van der Waals surface area (Å²) in [7, 11) is 0. The molecular weight excluding hydrogens is 905 g/mol. The van der Waals surface area contributed by atoms with Gasteiger partial charge in [0, 0.05) is 38.8 Å². The molecular formula is C73H52N2. The third kappa shape index (κ3) is 7.40. The fourth-order valence-electron chi connectivity index (χ4n) is 12.2. The van der Waals surface area contributed by atoms with Crippen LogP contribution >= 0.6 is 0 Å². The van der Waals surface area contributed by atoms with Crippen LogP contribution in [-0.4, -0.2) is 4.57 Å². The number of nitrogens with zero attached hydrogens (tertiary/aromatic N) is 2. The van der Waals surface area contributed by atoms with Crippen LogP contribution in [0.1, 0.15) is 25.0 Å². The van der Waals surface area contributed by atoms with E-state index < -0.39 is 0 Å². The van der Waals surface area contributed by atoms with Crippen molar-refractivity contribution in [1.82, 2.24) is 4.57 Å². The van der Waals surface area contributed by atoms with Crippen LogP contribution in [0.5, 0.6) is 0 Å². The number of fused-ring (bicyclic) bond motifs is 7. The van der Waals surface area contributed by atoms with Gasteiger partial charge < -0.3 is 9.47 Å². The molecule has 0 bridgehead atoms. The van der Waals surface area contributed by atoms with E-state index in [9.17, 15) is 0 Å². The number of benzene rings is 12. The lowest BCUT2D eigenvalue weighted by Gasteiger charge is -2.28. The summed E-state index contributed by atoms with van der Waals surface area (Å²) in [4.78, 5) is 2.40. The maximum atomic E-state index is 2.50. The van der Waals surface area contributed by atoms with E-state index in [0.29, 0.717) is 0 Å². The predicted octanol–water partition coefficient (Wildman–Crippen LogP) is 20.0. The highest BCUT2D eigenvalue weighted by molar-refractivity contribution is 6.22. The van der Waals surface area contributed by atoms with Crippen LogP contribution in [0.4, 0.5) is 17.1 Å². The minimum atomic E-state index is -0.113. The van der Waals surface area contributed by atoms with Crippen LogP contribution in [0.15, 0.2) is 279 Å². The summed E-state index contributed by atoms with van der Waals surface area (Å²) in [5.74, 6) is 0. The Morgan fingerprint density at radius 2 is 0.733 bits per heavy atom. The van der Waals surface area contributed by atoms with Crippen molar-refractivity contribution in [1.29, 1.82) is 0 Å². The summed E-state index contributed by atoms with van der Waals surface area (Å²) < 4.78 is 2.50. The summed E-state index contributed by atoms with van der Waals surface area (Å²) in [5.41, 5.74) is 24.1. The van der Waals surface area contributed by atoms with Gasteiger partial charge in [0.1, 0.15) is 0 Å².